The molecule has 0 aliphatic carbocycles. The number of pyridine rings is 1. The highest BCUT2D eigenvalue weighted by Crippen LogP contribution is 2.24. The van der Waals surface area contributed by atoms with E-state index in [1.54, 1.807) is 12.5 Å². The van der Waals surface area contributed by atoms with Gasteiger partial charge in [0.1, 0.15) is 17.3 Å². The molecular weight excluding hydrogens is 286 g/mol. The summed E-state index contributed by atoms with van der Waals surface area (Å²) in [5, 5.41) is 0. The van der Waals surface area contributed by atoms with Gasteiger partial charge in [-0.25, -0.2) is 4.98 Å². The average Bonchev–Trinajstić information content (AvgIpc) is 3.27. The summed E-state index contributed by atoms with van der Waals surface area (Å²) in [6, 6.07) is 19.9. The second kappa shape index (κ2) is 5.93. The van der Waals surface area contributed by atoms with Gasteiger partial charge in [0.15, 0.2) is 0 Å². The van der Waals surface area contributed by atoms with Crippen molar-refractivity contribution in [1.29, 1.82) is 0 Å². The number of imidazole rings is 1. The van der Waals surface area contributed by atoms with E-state index >= 15 is 0 Å². The lowest BCUT2D eigenvalue weighted by Crippen LogP contribution is -1.99. The Balaban J connectivity index is 1.80. The third-order valence-corrected chi connectivity index (χ3v) is 3.64. The first-order valence-electron chi connectivity index (χ1n) is 7.46. The minimum atomic E-state index is 0.636. The Bertz CT molecular complexity index is 881. The van der Waals surface area contributed by atoms with Crippen LogP contribution in [0.2, 0.25) is 0 Å². The number of rotatable bonds is 4. The predicted octanol–water partition coefficient (Wildman–Crippen LogP) is 4.25. The topological polar surface area (TPSA) is 43.9 Å². The molecular formula is C19H15N3O. The van der Waals surface area contributed by atoms with E-state index in [0.717, 1.165) is 28.5 Å². The van der Waals surface area contributed by atoms with Gasteiger partial charge in [-0.1, -0.05) is 36.4 Å². The molecule has 3 heterocycles. The van der Waals surface area contributed by atoms with Crippen molar-refractivity contribution < 1.29 is 4.42 Å². The minimum Gasteiger partial charge on any atom is -0.467 e. The van der Waals surface area contributed by atoms with Gasteiger partial charge in [0, 0.05) is 18.0 Å². The third-order valence-electron chi connectivity index (χ3n) is 3.64. The van der Waals surface area contributed by atoms with E-state index in [9.17, 15) is 0 Å². The quantitative estimate of drug-likeness (QED) is 0.566. The summed E-state index contributed by atoms with van der Waals surface area (Å²) in [6.07, 6.45) is 5.49. The monoisotopic (exact) mass is 301 g/mol. The number of benzene rings is 1. The molecule has 4 nitrogen and oxygen atoms in total. The van der Waals surface area contributed by atoms with Gasteiger partial charge in [-0.2, -0.15) is 0 Å². The van der Waals surface area contributed by atoms with Gasteiger partial charge in [0.05, 0.1) is 18.5 Å². The highest BCUT2D eigenvalue weighted by atomic mass is 16.3. The van der Waals surface area contributed by atoms with Gasteiger partial charge in [0.25, 0.3) is 0 Å². The van der Waals surface area contributed by atoms with Crippen LogP contribution >= 0.6 is 0 Å². The van der Waals surface area contributed by atoms with Crippen LogP contribution in [0.1, 0.15) is 5.76 Å². The summed E-state index contributed by atoms with van der Waals surface area (Å²) >= 11 is 0. The van der Waals surface area contributed by atoms with Crippen LogP contribution < -0.4 is 0 Å². The molecule has 4 rings (SSSR count). The van der Waals surface area contributed by atoms with Crippen LogP contribution in [-0.4, -0.2) is 14.5 Å². The lowest BCUT2D eigenvalue weighted by atomic mass is 10.2. The number of hydrogen-bond acceptors (Lipinski definition) is 3. The zero-order chi connectivity index (χ0) is 15.5. The van der Waals surface area contributed by atoms with Crippen molar-refractivity contribution in [2.24, 2.45) is 0 Å². The number of hydrogen-bond donors (Lipinski definition) is 0. The summed E-state index contributed by atoms with van der Waals surface area (Å²) in [5.41, 5.74) is 2.79. The molecule has 0 radical (unpaired) electrons. The smallest absolute Gasteiger partial charge is 0.141 e. The molecule has 0 saturated heterocycles. The summed E-state index contributed by atoms with van der Waals surface area (Å²) < 4.78 is 7.57. The van der Waals surface area contributed by atoms with Crippen LogP contribution in [0.3, 0.4) is 0 Å². The molecule has 0 fully saturated rings. The van der Waals surface area contributed by atoms with E-state index in [4.69, 9.17) is 9.40 Å². The lowest BCUT2D eigenvalue weighted by molar-refractivity contribution is 0.494. The molecule has 0 aliphatic rings. The molecule has 112 valence electrons. The van der Waals surface area contributed by atoms with Gasteiger partial charge in [-0.15, -0.1) is 0 Å². The molecule has 0 aliphatic heterocycles. The first kappa shape index (κ1) is 13.5. The van der Waals surface area contributed by atoms with Gasteiger partial charge in [-0.05, 0) is 24.3 Å². The largest absolute Gasteiger partial charge is 0.467 e. The van der Waals surface area contributed by atoms with Crippen molar-refractivity contribution in [3.8, 4) is 22.8 Å². The summed E-state index contributed by atoms with van der Waals surface area (Å²) in [5.74, 6) is 1.80. The Kier molecular flexibility index (Phi) is 3.48. The molecule has 4 heteroatoms. The number of nitrogens with zero attached hydrogens (tertiary/aromatic N) is 3. The van der Waals surface area contributed by atoms with Gasteiger partial charge in [0.2, 0.25) is 0 Å². The van der Waals surface area contributed by atoms with Crippen molar-refractivity contribution in [1.82, 2.24) is 14.5 Å². The average molecular weight is 301 g/mol. The van der Waals surface area contributed by atoms with E-state index in [-0.39, 0.29) is 0 Å². The maximum absolute atomic E-state index is 5.48. The number of aromatic nitrogens is 3. The molecule has 0 atom stereocenters. The van der Waals surface area contributed by atoms with E-state index in [1.807, 2.05) is 54.7 Å². The Hall–Kier alpha value is -3.14. The summed E-state index contributed by atoms with van der Waals surface area (Å²) in [7, 11) is 0. The second-order valence-electron chi connectivity index (χ2n) is 5.24. The molecule has 0 N–H and O–H groups in total. The molecule has 0 spiro atoms. The van der Waals surface area contributed by atoms with Crippen LogP contribution in [-0.2, 0) is 6.54 Å². The van der Waals surface area contributed by atoms with Crippen LogP contribution in [0.5, 0.6) is 0 Å². The Morgan fingerprint density at radius 2 is 1.74 bits per heavy atom. The molecule has 23 heavy (non-hydrogen) atoms. The summed E-state index contributed by atoms with van der Waals surface area (Å²) in [4.78, 5) is 9.18. The maximum Gasteiger partial charge on any atom is 0.141 e. The molecule has 0 amide bonds. The second-order valence-corrected chi connectivity index (χ2v) is 5.24. The lowest BCUT2D eigenvalue weighted by Gasteiger charge is -2.05. The molecule has 0 unspecified atom stereocenters. The third kappa shape index (κ3) is 2.79. The van der Waals surface area contributed by atoms with Gasteiger partial charge in [-0.3, -0.25) is 4.98 Å². The maximum atomic E-state index is 5.48. The standard InChI is InChI=1S/C19H15N3O/c1-2-7-15(8-3-1)19-21-18(17-10-4-5-11-20-17)14-22(19)13-16-9-6-12-23-16/h1-12,14H,13H2. The Labute approximate surface area is 134 Å². The fourth-order valence-electron chi connectivity index (χ4n) is 2.56. The highest BCUT2D eigenvalue weighted by molar-refractivity contribution is 5.62. The molecule has 3 aromatic heterocycles. The first-order valence-corrected chi connectivity index (χ1v) is 7.46. The SMILES string of the molecule is c1ccc(-c2nc(-c3ccccn3)cn2Cc2ccco2)cc1. The van der Waals surface area contributed by atoms with Gasteiger partial charge < -0.3 is 8.98 Å². The van der Waals surface area contributed by atoms with Crippen molar-refractivity contribution in [2.75, 3.05) is 0 Å². The van der Waals surface area contributed by atoms with Crippen molar-refractivity contribution in [2.45, 2.75) is 6.54 Å². The van der Waals surface area contributed by atoms with Crippen molar-refractivity contribution >= 4 is 0 Å². The molecule has 0 saturated carbocycles. The minimum absolute atomic E-state index is 0.636. The van der Waals surface area contributed by atoms with Crippen molar-refractivity contribution in [3.63, 3.8) is 0 Å². The fraction of sp³-hybridized carbons (Fsp3) is 0.0526. The van der Waals surface area contributed by atoms with Crippen LogP contribution in [0.15, 0.2) is 83.7 Å². The highest BCUT2D eigenvalue weighted by Gasteiger charge is 2.13. The summed E-state index contributed by atoms with van der Waals surface area (Å²) in [6.45, 7) is 0.636. The van der Waals surface area contributed by atoms with E-state index in [2.05, 4.69) is 21.7 Å². The zero-order valence-electron chi connectivity index (χ0n) is 12.5. The number of furan rings is 1. The first-order chi connectivity index (χ1) is 11.4. The fourth-order valence-corrected chi connectivity index (χ4v) is 2.56. The Morgan fingerprint density at radius 3 is 2.48 bits per heavy atom. The van der Waals surface area contributed by atoms with E-state index < -0.39 is 0 Å². The van der Waals surface area contributed by atoms with E-state index in [1.165, 1.54) is 0 Å². The Morgan fingerprint density at radius 1 is 0.870 bits per heavy atom. The molecule has 1 aromatic carbocycles. The van der Waals surface area contributed by atoms with Crippen molar-refractivity contribution in [3.05, 3.63) is 85.1 Å². The van der Waals surface area contributed by atoms with E-state index in [0.29, 0.717) is 6.54 Å². The van der Waals surface area contributed by atoms with Crippen LogP contribution in [0, 0.1) is 0 Å². The molecule has 0 bridgehead atoms. The van der Waals surface area contributed by atoms with Crippen LogP contribution in [0.25, 0.3) is 22.8 Å². The van der Waals surface area contributed by atoms with Gasteiger partial charge >= 0.3 is 0 Å². The predicted molar refractivity (Wildman–Crippen MR) is 88.7 cm³/mol. The normalized spacial score (nSPS) is 10.8. The molecule has 4 aromatic rings. The van der Waals surface area contributed by atoms with Crippen LogP contribution in [0.4, 0.5) is 0 Å². The zero-order valence-corrected chi connectivity index (χ0v) is 12.5.